The van der Waals surface area contributed by atoms with Crippen LogP contribution in [0.4, 0.5) is 4.79 Å². The summed E-state index contributed by atoms with van der Waals surface area (Å²) in [5.74, 6) is 5.65. The van der Waals surface area contributed by atoms with E-state index in [1.807, 2.05) is 34.6 Å². The van der Waals surface area contributed by atoms with Crippen LogP contribution in [0.3, 0.4) is 0 Å². The van der Waals surface area contributed by atoms with E-state index in [2.05, 4.69) is 10.7 Å². The van der Waals surface area contributed by atoms with Gasteiger partial charge in [0.15, 0.2) is 0 Å². The van der Waals surface area contributed by atoms with Crippen LogP contribution >= 0.6 is 0 Å². The second-order valence-corrected chi connectivity index (χ2v) is 7.20. The van der Waals surface area contributed by atoms with Crippen molar-refractivity contribution in [1.82, 2.24) is 10.7 Å². The molecule has 0 radical (unpaired) electrons. The highest BCUT2D eigenvalue weighted by Crippen LogP contribution is 2.15. The number of benzene rings is 1. The van der Waals surface area contributed by atoms with Crippen LogP contribution in [0.15, 0.2) is 24.3 Å². The van der Waals surface area contributed by atoms with Gasteiger partial charge in [0.05, 0.1) is 12.5 Å². The lowest BCUT2D eigenvalue weighted by atomic mass is 10.1. The highest BCUT2D eigenvalue weighted by atomic mass is 16.6. The molecule has 1 rings (SSSR count). The van der Waals surface area contributed by atoms with Crippen molar-refractivity contribution in [2.24, 2.45) is 11.8 Å². The number of carbonyl (C=O) groups excluding carboxylic acids is 2. The lowest BCUT2D eigenvalue weighted by Crippen LogP contribution is -2.45. The van der Waals surface area contributed by atoms with E-state index in [4.69, 9.17) is 15.3 Å². The molecule has 7 nitrogen and oxygen atoms in total. The highest BCUT2D eigenvalue weighted by Gasteiger charge is 2.22. The molecule has 25 heavy (non-hydrogen) atoms. The van der Waals surface area contributed by atoms with Gasteiger partial charge in [-0.05, 0) is 44.4 Å². The number of hydrazine groups is 1. The minimum absolute atomic E-state index is 0.181. The number of ether oxygens (including phenoxy) is 2. The Morgan fingerprint density at radius 1 is 1.16 bits per heavy atom. The van der Waals surface area contributed by atoms with E-state index in [-0.39, 0.29) is 24.3 Å². The molecule has 0 saturated carbocycles. The molecule has 0 aromatic heterocycles. The monoisotopic (exact) mass is 351 g/mol. The summed E-state index contributed by atoms with van der Waals surface area (Å²) in [4.78, 5) is 23.2. The van der Waals surface area contributed by atoms with Gasteiger partial charge in [-0.3, -0.25) is 10.2 Å². The van der Waals surface area contributed by atoms with Gasteiger partial charge in [-0.15, -0.1) is 0 Å². The van der Waals surface area contributed by atoms with E-state index in [1.54, 1.807) is 24.3 Å². The van der Waals surface area contributed by atoms with Gasteiger partial charge in [0.2, 0.25) is 5.91 Å². The molecule has 1 aromatic carbocycles. The number of amides is 2. The Hall–Kier alpha value is -2.28. The molecule has 140 valence electrons. The van der Waals surface area contributed by atoms with Gasteiger partial charge in [0.25, 0.3) is 0 Å². The van der Waals surface area contributed by atoms with Gasteiger partial charge < -0.3 is 14.8 Å². The van der Waals surface area contributed by atoms with Gasteiger partial charge in [-0.2, -0.15) is 0 Å². The van der Waals surface area contributed by atoms with Crippen molar-refractivity contribution in [2.75, 3.05) is 6.61 Å². The molecule has 0 aliphatic heterocycles. The van der Waals surface area contributed by atoms with Crippen LogP contribution in [0.5, 0.6) is 5.75 Å². The Kier molecular flexibility index (Phi) is 7.70. The van der Waals surface area contributed by atoms with Gasteiger partial charge in [0, 0.05) is 0 Å². The van der Waals surface area contributed by atoms with Crippen LogP contribution in [0.25, 0.3) is 0 Å². The third kappa shape index (κ3) is 8.39. The molecule has 0 aliphatic carbocycles. The average Bonchev–Trinajstić information content (AvgIpc) is 2.50. The molecule has 0 fully saturated rings. The molecule has 2 amide bonds. The van der Waals surface area contributed by atoms with Gasteiger partial charge >= 0.3 is 6.09 Å². The third-order valence-corrected chi connectivity index (χ3v) is 3.39. The van der Waals surface area contributed by atoms with Crippen LogP contribution in [0.1, 0.15) is 40.2 Å². The van der Waals surface area contributed by atoms with Crippen LogP contribution in [0.2, 0.25) is 0 Å². The first kappa shape index (κ1) is 20.8. The smallest absolute Gasteiger partial charge is 0.407 e. The van der Waals surface area contributed by atoms with Crippen LogP contribution in [-0.2, 0) is 16.0 Å². The summed E-state index contributed by atoms with van der Waals surface area (Å²) in [5, 5.41) is 2.84. The molecular weight excluding hydrogens is 322 g/mol. The molecule has 1 aromatic rings. The van der Waals surface area contributed by atoms with Crippen molar-refractivity contribution in [3.8, 4) is 5.75 Å². The van der Waals surface area contributed by atoms with Crippen LogP contribution in [0, 0.1) is 5.92 Å². The summed E-state index contributed by atoms with van der Waals surface area (Å²) in [7, 11) is 0. The van der Waals surface area contributed by atoms with E-state index < -0.39 is 11.7 Å². The number of rotatable bonds is 7. The average molecular weight is 351 g/mol. The Balaban J connectivity index is 2.57. The zero-order chi connectivity index (χ0) is 19.0. The van der Waals surface area contributed by atoms with E-state index in [0.717, 1.165) is 5.56 Å². The Morgan fingerprint density at radius 3 is 2.24 bits per heavy atom. The molecule has 0 heterocycles. The summed E-state index contributed by atoms with van der Waals surface area (Å²) in [5.41, 5.74) is 2.38. The Labute approximate surface area is 149 Å². The minimum Gasteiger partial charge on any atom is -0.491 e. The summed E-state index contributed by atoms with van der Waals surface area (Å²) >= 11 is 0. The number of hydrogen-bond acceptors (Lipinski definition) is 5. The predicted octanol–water partition coefficient (Wildman–Crippen LogP) is 2.15. The first-order chi connectivity index (χ1) is 11.6. The molecule has 7 heteroatoms. The summed E-state index contributed by atoms with van der Waals surface area (Å²) in [6.07, 6.45) is -0.246. The first-order valence-corrected chi connectivity index (χ1v) is 8.31. The van der Waals surface area contributed by atoms with Crippen molar-refractivity contribution in [3.63, 3.8) is 0 Å². The van der Waals surface area contributed by atoms with E-state index in [0.29, 0.717) is 12.4 Å². The van der Waals surface area contributed by atoms with Crippen LogP contribution in [-0.4, -0.2) is 30.3 Å². The normalized spacial score (nSPS) is 12.4. The van der Waals surface area contributed by atoms with Crippen LogP contribution < -0.4 is 21.3 Å². The van der Waals surface area contributed by atoms with Crippen molar-refractivity contribution in [1.29, 1.82) is 0 Å². The Bertz CT molecular complexity index is 565. The minimum atomic E-state index is -0.544. The Morgan fingerprint density at radius 2 is 1.76 bits per heavy atom. The zero-order valence-electron chi connectivity index (χ0n) is 15.6. The third-order valence-electron chi connectivity index (χ3n) is 3.39. The second kappa shape index (κ2) is 9.27. The largest absolute Gasteiger partial charge is 0.491 e. The number of alkyl carbamates (subject to hydrolysis) is 1. The summed E-state index contributed by atoms with van der Waals surface area (Å²) in [6.45, 7) is 9.78. The quantitative estimate of drug-likeness (QED) is 0.397. The topological polar surface area (TPSA) is 103 Å². The molecule has 0 saturated heterocycles. The maximum atomic E-state index is 11.9. The van der Waals surface area contributed by atoms with Crippen molar-refractivity contribution in [2.45, 2.75) is 52.7 Å². The second-order valence-electron chi connectivity index (χ2n) is 7.20. The fourth-order valence-electron chi connectivity index (χ4n) is 1.99. The highest BCUT2D eigenvalue weighted by molar-refractivity contribution is 5.77. The van der Waals surface area contributed by atoms with Gasteiger partial charge in [-0.1, -0.05) is 26.0 Å². The number of carbonyl (C=O) groups is 2. The predicted molar refractivity (Wildman–Crippen MR) is 96.0 cm³/mol. The van der Waals surface area contributed by atoms with Gasteiger partial charge in [0.1, 0.15) is 18.0 Å². The lowest BCUT2D eigenvalue weighted by Gasteiger charge is -2.25. The molecule has 0 unspecified atom stereocenters. The molecule has 1 atom stereocenters. The van der Waals surface area contributed by atoms with Crippen molar-refractivity contribution < 1.29 is 19.1 Å². The molecular formula is C18H29N3O4. The van der Waals surface area contributed by atoms with E-state index in [1.165, 1.54) is 0 Å². The van der Waals surface area contributed by atoms with E-state index in [9.17, 15) is 9.59 Å². The van der Waals surface area contributed by atoms with Crippen molar-refractivity contribution in [3.05, 3.63) is 29.8 Å². The van der Waals surface area contributed by atoms with Crippen molar-refractivity contribution >= 4 is 12.0 Å². The fourth-order valence-corrected chi connectivity index (χ4v) is 1.99. The molecule has 0 spiro atoms. The first-order valence-electron chi connectivity index (χ1n) is 8.31. The molecule has 4 N–H and O–H groups in total. The maximum Gasteiger partial charge on any atom is 0.407 e. The van der Waals surface area contributed by atoms with E-state index >= 15 is 0 Å². The zero-order valence-corrected chi connectivity index (χ0v) is 15.6. The number of hydrogen-bond donors (Lipinski definition) is 3. The number of nitrogens with two attached hydrogens (primary N) is 1. The number of nitrogens with one attached hydrogen (secondary N) is 2. The SMILES string of the molecule is CC(C)[C@H](COc1ccc(CC(=O)NN)cc1)NC(=O)OC(C)(C)C. The summed E-state index contributed by atoms with van der Waals surface area (Å²) < 4.78 is 11.0. The van der Waals surface area contributed by atoms with Gasteiger partial charge in [-0.25, -0.2) is 10.6 Å². The standard InChI is InChI=1S/C18H29N3O4/c1-12(2)15(20-17(23)25-18(3,4)5)11-24-14-8-6-13(7-9-14)10-16(22)21-19/h6-9,12,15H,10-11,19H2,1-5H3,(H,20,23)(H,21,22)/t15-/m0/s1. The molecule has 0 bridgehead atoms. The molecule has 0 aliphatic rings. The maximum absolute atomic E-state index is 11.9. The lowest BCUT2D eigenvalue weighted by molar-refractivity contribution is -0.120. The fraction of sp³-hybridized carbons (Fsp3) is 0.556. The summed E-state index contributed by atoms with van der Waals surface area (Å²) in [6, 6.07) is 6.98.